The first kappa shape index (κ1) is 18.8. The fourth-order valence-electron chi connectivity index (χ4n) is 3.03. The van der Waals surface area contributed by atoms with Gasteiger partial charge >= 0.3 is 6.09 Å². The highest BCUT2D eigenvalue weighted by atomic mass is 35.5. The summed E-state index contributed by atoms with van der Waals surface area (Å²) in [7, 11) is 1.36. The van der Waals surface area contributed by atoms with Crippen molar-refractivity contribution in [2.75, 3.05) is 20.2 Å². The Kier molecular flexibility index (Phi) is 5.88. The minimum Gasteiger partial charge on any atom is -0.453 e. The Morgan fingerprint density at radius 1 is 1.31 bits per heavy atom. The van der Waals surface area contributed by atoms with Gasteiger partial charge in [-0.25, -0.2) is 4.79 Å². The highest BCUT2D eigenvalue weighted by molar-refractivity contribution is 6.37. The van der Waals surface area contributed by atoms with Crippen LogP contribution in [0.25, 0.3) is 0 Å². The molecule has 140 valence electrons. The van der Waals surface area contributed by atoms with Gasteiger partial charge in [0, 0.05) is 36.1 Å². The zero-order chi connectivity index (χ0) is 18.7. The zero-order valence-corrected chi connectivity index (χ0v) is 15.7. The lowest BCUT2D eigenvalue weighted by Crippen LogP contribution is -2.48. The first-order valence-electron chi connectivity index (χ1n) is 8.29. The van der Waals surface area contributed by atoms with Crippen molar-refractivity contribution in [3.05, 3.63) is 33.8 Å². The third-order valence-electron chi connectivity index (χ3n) is 4.48. The summed E-state index contributed by atoms with van der Waals surface area (Å²) in [5.74, 6) is -0.217. The van der Waals surface area contributed by atoms with Crippen LogP contribution in [0.5, 0.6) is 0 Å². The number of carbonyl (C=O) groups excluding carboxylic acids is 2. The Morgan fingerprint density at radius 2 is 2.04 bits per heavy atom. The molecule has 3 rings (SSSR count). The van der Waals surface area contributed by atoms with E-state index in [0.29, 0.717) is 53.7 Å². The molecule has 2 aliphatic rings. The van der Waals surface area contributed by atoms with E-state index in [0.717, 1.165) is 0 Å². The summed E-state index contributed by atoms with van der Waals surface area (Å²) < 4.78 is 4.70. The monoisotopic (exact) mass is 399 g/mol. The number of ether oxygens (including phenoxy) is 1. The minimum absolute atomic E-state index is 0.00447. The molecular formula is C17H19Cl2N3O4. The molecular weight excluding hydrogens is 381 g/mol. The highest BCUT2D eigenvalue weighted by Crippen LogP contribution is 2.26. The summed E-state index contributed by atoms with van der Waals surface area (Å²) in [6.07, 6.45) is 0.658. The molecule has 0 spiro atoms. The number of amides is 2. The van der Waals surface area contributed by atoms with E-state index in [4.69, 9.17) is 32.8 Å². The van der Waals surface area contributed by atoms with E-state index in [2.05, 4.69) is 10.5 Å². The van der Waals surface area contributed by atoms with Crippen molar-refractivity contribution < 1.29 is 19.2 Å². The Balaban J connectivity index is 1.51. The van der Waals surface area contributed by atoms with E-state index in [1.807, 2.05) is 0 Å². The van der Waals surface area contributed by atoms with Crippen molar-refractivity contribution in [2.45, 2.75) is 31.4 Å². The topological polar surface area (TPSA) is 80.2 Å². The van der Waals surface area contributed by atoms with Crippen molar-refractivity contribution in [2.24, 2.45) is 5.16 Å². The average molecular weight is 400 g/mol. The Hall–Kier alpha value is -1.99. The SMILES string of the molecule is COC(=O)N1CCC(NC(=O)C2CC(c3ccc(Cl)cc3Cl)=NO2)CC1. The van der Waals surface area contributed by atoms with Crippen LogP contribution >= 0.6 is 23.2 Å². The maximum Gasteiger partial charge on any atom is 0.409 e. The Morgan fingerprint density at radius 3 is 2.69 bits per heavy atom. The van der Waals surface area contributed by atoms with Crippen LogP contribution in [-0.2, 0) is 14.4 Å². The molecule has 1 atom stereocenters. The van der Waals surface area contributed by atoms with Crippen molar-refractivity contribution in [3.8, 4) is 0 Å². The van der Waals surface area contributed by atoms with Crippen LogP contribution in [0.1, 0.15) is 24.8 Å². The maximum absolute atomic E-state index is 12.4. The highest BCUT2D eigenvalue weighted by Gasteiger charge is 2.32. The van der Waals surface area contributed by atoms with Crippen molar-refractivity contribution >= 4 is 40.9 Å². The largest absolute Gasteiger partial charge is 0.453 e. The van der Waals surface area contributed by atoms with Gasteiger partial charge in [0.05, 0.1) is 17.8 Å². The van der Waals surface area contributed by atoms with E-state index in [1.54, 1.807) is 23.1 Å². The first-order valence-corrected chi connectivity index (χ1v) is 9.05. The second-order valence-corrected chi connectivity index (χ2v) is 7.04. The molecule has 0 aromatic heterocycles. The van der Waals surface area contributed by atoms with Gasteiger partial charge in [0.1, 0.15) is 0 Å². The molecule has 2 heterocycles. The summed E-state index contributed by atoms with van der Waals surface area (Å²) in [5.41, 5.74) is 1.32. The number of methoxy groups -OCH3 is 1. The number of halogens is 2. The molecule has 2 amide bonds. The van der Waals surface area contributed by atoms with Crippen LogP contribution in [0.4, 0.5) is 4.79 Å². The molecule has 0 aliphatic carbocycles. The molecule has 9 heteroatoms. The van der Waals surface area contributed by atoms with Crippen LogP contribution in [0.15, 0.2) is 23.4 Å². The number of rotatable bonds is 3. The number of oxime groups is 1. The predicted molar refractivity (Wildman–Crippen MR) is 97.6 cm³/mol. The van der Waals surface area contributed by atoms with Crippen molar-refractivity contribution in [1.29, 1.82) is 0 Å². The summed E-state index contributed by atoms with van der Waals surface area (Å²) in [6.45, 7) is 1.09. The average Bonchev–Trinajstić information content (AvgIpc) is 3.11. The quantitative estimate of drug-likeness (QED) is 0.846. The third-order valence-corrected chi connectivity index (χ3v) is 5.03. The maximum atomic E-state index is 12.4. The number of benzene rings is 1. The zero-order valence-electron chi connectivity index (χ0n) is 14.2. The molecule has 1 N–H and O–H groups in total. The fourth-order valence-corrected chi connectivity index (χ4v) is 3.55. The number of piperidine rings is 1. The van der Waals surface area contributed by atoms with Crippen LogP contribution < -0.4 is 5.32 Å². The van der Waals surface area contributed by atoms with E-state index in [1.165, 1.54) is 7.11 Å². The number of carbonyl (C=O) groups is 2. The van der Waals surface area contributed by atoms with Crippen LogP contribution in [0, 0.1) is 0 Å². The normalized spacial score (nSPS) is 20.3. The van der Waals surface area contributed by atoms with Gasteiger partial charge in [-0.3, -0.25) is 4.79 Å². The molecule has 1 unspecified atom stereocenters. The third kappa shape index (κ3) is 4.22. The second-order valence-electron chi connectivity index (χ2n) is 6.20. The Bertz CT molecular complexity index is 733. The van der Waals surface area contributed by atoms with Crippen molar-refractivity contribution in [1.82, 2.24) is 10.2 Å². The van der Waals surface area contributed by atoms with E-state index < -0.39 is 6.10 Å². The number of hydrogen-bond donors (Lipinski definition) is 1. The standard InChI is InChI=1S/C17H19Cl2N3O4/c1-25-17(24)22-6-4-11(5-7-22)20-16(23)15-9-14(21-26-15)12-3-2-10(18)8-13(12)19/h2-3,8,11,15H,4-7,9H2,1H3,(H,20,23). The lowest BCUT2D eigenvalue weighted by molar-refractivity contribution is -0.132. The van der Waals surface area contributed by atoms with E-state index in [-0.39, 0.29) is 18.0 Å². The van der Waals surface area contributed by atoms with Gasteiger partial charge in [0.15, 0.2) is 0 Å². The number of nitrogens with one attached hydrogen (secondary N) is 1. The van der Waals surface area contributed by atoms with Gasteiger partial charge < -0.3 is 19.8 Å². The van der Waals surface area contributed by atoms with Gasteiger partial charge in [0.25, 0.3) is 5.91 Å². The summed E-state index contributed by atoms with van der Waals surface area (Å²) in [5, 5.41) is 7.96. The molecule has 7 nitrogen and oxygen atoms in total. The predicted octanol–water partition coefficient (Wildman–Crippen LogP) is 2.83. The van der Waals surface area contributed by atoms with Gasteiger partial charge in [-0.05, 0) is 25.0 Å². The van der Waals surface area contributed by atoms with Gasteiger partial charge in [-0.1, -0.05) is 34.4 Å². The second kappa shape index (κ2) is 8.14. The van der Waals surface area contributed by atoms with E-state index >= 15 is 0 Å². The molecule has 1 aromatic rings. The smallest absolute Gasteiger partial charge is 0.409 e. The summed E-state index contributed by atoms with van der Waals surface area (Å²) >= 11 is 12.1. The summed E-state index contributed by atoms with van der Waals surface area (Å²) in [4.78, 5) is 30.8. The fraction of sp³-hybridized carbons (Fsp3) is 0.471. The molecule has 0 bridgehead atoms. The molecule has 0 radical (unpaired) electrons. The summed E-state index contributed by atoms with van der Waals surface area (Å²) in [6, 6.07) is 5.10. The first-order chi connectivity index (χ1) is 12.5. The number of hydrogen-bond acceptors (Lipinski definition) is 5. The molecule has 0 saturated carbocycles. The molecule has 2 aliphatic heterocycles. The molecule has 26 heavy (non-hydrogen) atoms. The molecule has 1 aromatic carbocycles. The van der Waals surface area contributed by atoms with Crippen LogP contribution in [0.3, 0.4) is 0 Å². The number of likely N-dealkylation sites (tertiary alicyclic amines) is 1. The van der Waals surface area contributed by atoms with Crippen LogP contribution in [0.2, 0.25) is 10.0 Å². The lowest BCUT2D eigenvalue weighted by atomic mass is 10.0. The van der Waals surface area contributed by atoms with Gasteiger partial charge in [-0.2, -0.15) is 0 Å². The Labute approximate surface area is 161 Å². The van der Waals surface area contributed by atoms with Crippen LogP contribution in [-0.4, -0.2) is 55.0 Å². The van der Waals surface area contributed by atoms with Crippen molar-refractivity contribution in [3.63, 3.8) is 0 Å². The number of nitrogens with zero attached hydrogens (tertiary/aromatic N) is 2. The minimum atomic E-state index is -0.685. The lowest BCUT2D eigenvalue weighted by Gasteiger charge is -2.31. The van der Waals surface area contributed by atoms with E-state index in [9.17, 15) is 9.59 Å². The van der Waals surface area contributed by atoms with Gasteiger partial charge in [-0.15, -0.1) is 0 Å². The molecule has 1 fully saturated rings. The van der Waals surface area contributed by atoms with Gasteiger partial charge in [0.2, 0.25) is 6.10 Å². The molecule has 1 saturated heterocycles.